The first-order chi connectivity index (χ1) is 9.40. The molecule has 0 bridgehead atoms. The van der Waals surface area contributed by atoms with Crippen molar-refractivity contribution in [1.82, 2.24) is 4.98 Å². The molecule has 0 fully saturated rings. The lowest BCUT2D eigenvalue weighted by molar-refractivity contribution is -0.384. The summed E-state index contributed by atoms with van der Waals surface area (Å²) < 4.78 is 12.9. The molecule has 0 aliphatic carbocycles. The summed E-state index contributed by atoms with van der Waals surface area (Å²) in [6, 6.07) is 7.15. The number of benzene rings is 1. The predicted molar refractivity (Wildman–Crippen MR) is 73.6 cm³/mol. The Morgan fingerprint density at radius 2 is 1.85 bits per heavy atom. The van der Waals surface area contributed by atoms with Crippen LogP contribution in [0.4, 0.5) is 21.7 Å². The van der Waals surface area contributed by atoms with Crippen LogP contribution < -0.4 is 11.5 Å². The van der Waals surface area contributed by atoms with E-state index in [9.17, 15) is 14.5 Å². The number of rotatable bonds is 3. The van der Waals surface area contributed by atoms with E-state index in [1.54, 1.807) is 19.1 Å². The lowest BCUT2D eigenvalue weighted by atomic mass is 9.93. The van der Waals surface area contributed by atoms with Gasteiger partial charge in [0.05, 0.1) is 4.92 Å². The number of pyridine rings is 1. The van der Waals surface area contributed by atoms with Crippen molar-refractivity contribution in [3.8, 4) is 0 Å². The van der Waals surface area contributed by atoms with Crippen molar-refractivity contribution >= 4 is 17.3 Å². The minimum atomic E-state index is -0.608. The van der Waals surface area contributed by atoms with Crippen molar-refractivity contribution in [1.29, 1.82) is 0 Å². The van der Waals surface area contributed by atoms with Crippen molar-refractivity contribution in [2.24, 2.45) is 0 Å². The van der Waals surface area contributed by atoms with Gasteiger partial charge in [-0.25, -0.2) is 9.37 Å². The van der Waals surface area contributed by atoms with Gasteiger partial charge in [0.2, 0.25) is 5.82 Å². The Bertz CT molecular complexity index is 658. The molecule has 4 N–H and O–H groups in total. The molecule has 104 valence electrons. The predicted octanol–water partition coefficient (Wildman–Crippen LogP) is 2.45. The van der Waals surface area contributed by atoms with Crippen LogP contribution in [-0.4, -0.2) is 9.91 Å². The fourth-order valence-electron chi connectivity index (χ4n) is 1.97. The van der Waals surface area contributed by atoms with Crippen LogP contribution in [0.5, 0.6) is 0 Å². The van der Waals surface area contributed by atoms with Crippen molar-refractivity contribution < 1.29 is 9.31 Å². The molecule has 2 aromatic rings. The summed E-state index contributed by atoms with van der Waals surface area (Å²) in [5, 5.41) is 10.9. The highest BCUT2D eigenvalue weighted by atomic mass is 19.1. The van der Waals surface area contributed by atoms with E-state index in [4.69, 9.17) is 11.5 Å². The second-order valence-electron chi connectivity index (χ2n) is 4.40. The average Bonchev–Trinajstić information content (AvgIpc) is 2.38. The smallest absolute Gasteiger partial charge is 0.311 e. The number of aromatic nitrogens is 1. The Morgan fingerprint density at radius 3 is 2.40 bits per heavy atom. The van der Waals surface area contributed by atoms with Gasteiger partial charge in [0.1, 0.15) is 11.6 Å². The summed E-state index contributed by atoms with van der Waals surface area (Å²) in [5.41, 5.74) is 12.2. The van der Waals surface area contributed by atoms with E-state index in [1.807, 2.05) is 0 Å². The molecule has 0 amide bonds. The first-order valence-corrected chi connectivity index (χ1v) is 5.86. The molecule has 20 heavy (non-hydrogen) atoms. The average molecular weight is 276 g/mol. The minimum Gasteiger partial charge on any atom is -0.383 e. The third kappa shape index (κ3) is 2.51. The molecule has 0 saturated heterocycles. The van der Waals surface area contributed by atoms with Gasteiger partial charge in [0, 0.05) is 17.5 Å². The molecule has 0 aliphatic rings. The molecule has 1 aromatic heterocycles. The van der Waals surface area contributed by atoms with Gasteiger partial charge in [-0.2, -0.15) is 0 Å². The van der Waals surface area contributed by atoms with Gasteiger partial charge in [0.15, 0.2) is 0 Å². The Balaban J connectivity index is 2.48. The summed E-state index contributed by atoms with van der Waals surface area (Å²) in [6.07, 6.45) is 0. The Kier molecular flexibility index (Phi) is 3.51. The lowest BCUT2D eigenvalue weighted by Gasteiger charge is -2.14. The lowest BCUT2D eigenvalue weighted by Crippen LogP contribution is -2.08. The largest absolute Gasteiger partial charge is 0.383 e. The van der Waals surface area contributed by atoms with Crippen LogP contribution >= 0.6 is 0 Å². The summed E-state index contributed by atoms with van der Waals surface area (Å²) in [6.45, 7) is 1.81. The molecule has 1 unspecified atom stereocenters. The van der Waals surface area contributed by atoms with Gasteiger partial charge in [-0.3, -0.25) is 10.1 Å². The molecule has 0 spiro atoms. The molecule has 1 heterocycles. The molecule has 0 saturated carbocycles. The summed E-state index contributed by atoms with van der Waals surface area (Å²) in [5.74, 6) is -0.704. The second-order valence-corrected chi connectivity index (χ2v) is 4.40. The van der Waals surface area contributed by atoms with E-state index in [0.29, 0.717) is 5.56 Å². The van der Waals surface area contributed by atoms with Crippen LogP contribution in [0.25, 0.3) is 0 Å². The standard InChI is InChI=1S/C13H13FN4O2/c1-7(8-2-4-9(14)5-3-8)10-6-11(18(19)20)13(16)17-12(10)15/h2-7H,1H3,(H4,15,16,17). The van der Waals surface area contributed by atoms with Crippen molar-refractivity contribution in [2.45, 2.75) is 12.8 Å². The normalized spacial score (nSPS) is 12.1. The van der Waals surface area contributed by atoms with Gasteiger partial charge >= 0.3 is 5.69 Å². The van der Waals surface area contributed by atoms with Gasteiger partial charge in [0.25, 0.3) is 0 Å². The maximum Gasteiger partial charge on any atom is 0.311 e. The zero-order valence-electron chi connectivity index (χ0n) is 10.7. The number of nitrogens with two attached hydrogens (primary N) is 2. The molecule has 6 nitrogen and oxygen atoms in total. The number of hydrogen-bond donors (Lipinski definition) is 2. The number of halogens is 1. The summed E-state index contributed by atoms with van der Waals surface area (Å²) in [7, 11) is 0. The number of anilines is 2. The fraction of sp³-hybridized carbons (Fsp3) is 0.154. The molecule has 1 atom stereocenters. The van der Waals surface area contributed by atoms with E-state index < -0.39 is 4.92 Å². The first kappa shape index (κ1) is 13.7. The Labute approximate surface area is 114 Å². The van der Waals surface area contributed by atoms with E-state index in [-0.39, 0.29) is 29.1 Å². The van der Waals surface area contributed by atoms with Gasteiger partial charge in [-0.1, -0.05) is 19.1 Å². The Hall–Kier alpha value is -2.70. The zero-order chi connectivity index (χ0) is 14.9. The number of nitro groups is 1. The highest BCUT2D eigenvalue weighted by Crippen LogP contribution is 2.32. The van der Waals surface area contributed by atoms with Gasteiger partial charge < -0.3 is 11.5 Å². The molecular formula is C13H13FN4O2. The van der Waals surface area contributed by atoms with E-state index in [1.165, 1.54) is 18.2 Å². The highest BCUT2D eigenvalue weighted by Gasteiger charge is 2.20. The number of nitrogens with zero attached hydrogens (tertiary/aromatic N) is 2. The molecule has 7 heteroatoms. The van der Waals surface area contributed by atoms with Crippen LogP contribution in [-0.2, 0) is 0 Å². The van der Waals surface area contributed by atoms with Crippen LogP contribution in [0, 0.1) is 15.9 Å². The molecule has 2 rings (SSSR count). The summed E-state index contributed by atoms with van der Waals surface area (Å²) in [4.78, 5) is 14.1. The summed E-state index contributed by atoms with van der Waals surface area (Å²) >= 11 is 0. The fourth-order valence-corrected chi connectivity index (χ4v) is 1.97. The third-order valence-electron chi connectivity index (χ3n) is 3.12. The monoisotopic (exact) mass is 276 g/mol. The third-order valence-corrected chi connectivity index (χ3v) is 3.12. The first-order valence-electron chi connectivity index (χ1n) is 5.86. The zero-order valence-corrected chi connectivity index (χ0v) is 10.7. The van der Waals surface area contributed by atoms with Crippen LogP contribution in [0.3, 0.4) is 0 Å². The van der Waals surface area contributed by atoms with Crippen LogP contribution in [0.15, 0.2) is 30.3 Å². The SMILES string of the molecule is CC(c1ccc(F)cc1)c1cc([N+](=O)[O-])c(N)nc1N. The highest BCUT2D eigenvalue weighted by molar-refractivity contribution is 5.61. The van der Waals surface area contributed by atoms with Crippen LogP contribution in [0.2, 0.25) is 0 Å². The van der Waals surface area contributed by atoms with Crippen LogP contribution in [0.1, 0.15) is 24.0 Å². The van der Waals surface area contributed by atoms with E-state index >= 15 is 0 Å². The van der Waals surface area contributed by atoms with E-state index in [2.05, 4.69) is 4.98 Å². The molecule has 0 aliphatic heterocycles. The van der Waals surface area contributed by atoms with Gasteiger partial charge in [-0.05, 0) is 17.7 Å². The minimum absolute atomic E-state index is 0.130. The van der Waals surface area contributed by atoms with Crippen molar-refractivity contribution in [2.75, 3.05) is 11.5 Å². The maximum absolute atomic E-state index is 12.9. The van der Waals surface area contributed by atoms with Gasteiger partial charge in [-0.15, -0.1) is 0 Å². The topological polar surface area (TPSA) is 108 Å². The number of nitrogen functional groups attached to an aromatic ring is 2. The van der Waals surface area contributed by atoms with Crippen molar-refractivity contribution in [3.05, 3.63) is 57.4 Å². The quantitative estimate of drug-likeness (QED) is 0.661. The molecule has 1 aromatic carbocycles. The van der Waals surface area contributed by atoms with Crippen molar-refractivity contribution in [3.63, 3.8) is 0 Å². The second kappa shape index (κ2) is 5.12. The number of hydrogen-bond acceptors (Lipinski definition) is 5. The Morgan fingerprint density at radius 1 is 1.25 bits per heavy atom. The maximum atomic E-state index is 12.9. The molecular weight excluding hydrogens is 263 g/mol. The van der Waals surface area contributed by atoms with E-state index in [0.717, 1.165) is 5.56 Å². The molecule has 0 radical (unpaired) electrons.